The first kappa shape index (κ1) is 8.01. The van der Waals surface area contributed by atoms with Crippen LogP contribution in [0.25, 0.3) is 10.2 Å². The second kappa shape index (κ2) is 3.03. The predicted octanol–water partition coefficient (Wildman–Crippen LogP) is 2.87. The zero-order chi connectivity index (χ0) is 8.55. The van der Waals surface area contributed by atoms with Crippen LogP contribution in [0.2, 0.25) is 0 Å². The summed E-state index contributed by atoms with van der Waals surface area (Å²) in [6.45, 7) is 0. The molecule has 61 valence electrons. The number of nitrogens with zero attached hydrogens (tertiary/aromatic N) is 1. The number of fused-ring (bicyclic) bond motifs is 1. The Morgan fingerprint density at radius 3 is 3.25 bits per heavy atom. The van der Waals surface area contributed by atoms with E-state index in [1.165, 1.54) is 0 Å². The maximum absolute atomic E-state index is 5.06. The lowest BCUT2D eigenvalue weighted by Crippen LogP contribution is -1.80. The van der Waals surface area contributed by atoms with Crippen LogP contribution >= 0.6 is 27.3 Å². The number of methoxy groups -OCH3 is 1. The van der Waals surface area contributed by atoms with Gasteiger partial charge in [-0.25, -0.2) is 4.98 Å². The Morgan fingerprint density at radius 2 is 2.50 bits per heavy atom. The van der Waals surface area contributed by atoms with Crippen LogP contribution in [0.1, 0.15) is 0 Å². The number of halogens is 1. The van der Waals surface area contributed by atoms with Crippen molar-refractivity contribution in [3.63, 3.8) is 0 Å². The summed E-state index contributed by atoms with van der Waals surface area (Å²) < 4.78 is 7.03. The molecule has 0 unspecified atom stereocenters. The lowest BCUT2D eigenvalue weighted by molar-refractivity contribution is 0.415. The fourth-order valence-corrected chi connectivity index (χ4v) is 2.33. The van der Waals surface area contributed by atoms with Crippen LogP contribution in [-0.2, 0) is 0 Å². The molecule has 0 aliphatic heterocycles. The van der Waals surface area contributed by atoms with Gasteiger partial charge in [-0.15, -0.1) is 11.3 Å². The fraction of sp³-hybridized carbons (Fsp3) is 0.125. The third-order valence-corrected chi connectivity index (χ3v) is 2.94. The highest BCUT2D eigenvalue weighted by molar-refractivity contribution is 9.11. The number of aromatic nitrogens is 1. The van der Waals surface area contributed by atoms with E-state index in [0.717, 1.165) is 19.9 Å². The number of ether oxygens (including phenoxy) is 1. The first-order valence-corrected chi connectivity index (χ1v) is 4.92. The van der Waals surface area contributed by atoms with E-state index < -0.39 is 0 Å². The normalized spacial score (nSPS) is 10.5. The van der Waals surface area contributed by atoms with Crippen molar-refractivity contribution in [3.8, 4) is 5.75 Å². The number of hydrogen-bond acceptors (Lipinski definition) is 3. The summed E-state index contributed by atoms with van der Waals surface area (Å²) in [5, 5.41) is 0. The molecule has 1 heterocycles. The van der Waals surface area contributed by atoms with Gasteiger partial charge < -0.3 is 4.74 Å². The van der Waals surface area contributed by atoms with Gasteiger partial charge in [-0.05, 0) is 28.1 Å². The minimum Gasteiger partial charge on any atom is -0.497 e. The first-order valence-electron chi connectivity index (χ1n) is 3.31. The quantitative estimate of drug-likeness (QED) is 0.768. The molecule has 1 aromatic carbocycles. The van der Waals surface area contributed by atoms with Crippen LogP contribution in [0, 0.1) is 6.07 Å². The van der Waals surface area contributed by atoms with E-state index in [9.17, 15) is 0 Å². The standard InChI is InChI=1S/C8H5BrNOS/c1-11-5-2-3-6-7(4-5)12-8(9)10-6/h2,4H,1H3. The van der Waals surface area contributed by atoms with E-state index in [1.54, 1.807) is 24.5 Å². The molecule has 0 saturated carbocycles. The van der Waals surface area contributed by atoms with Gasteiger partial charge in [0.05, 0.1) is 17.3 Å². The average Bonchev–Trinajstić information content (AvgIpc) is 2.43. The molecule has 2 rings (SSSR count). The average molecular weight is 243 g/mol. The molecule has 0 aliphatic carbocycles. The number of benzene rings is 1. The molecule has 0 fully saturated rings. The molecular weight excluding hydrogens is 238 g/mol. The fourth-order valence-electron chi connectivity index (χ4n) is 0.934. The summed E-state index contributed by atoms with van der Waals surface area (Å²) in [6.07, 6.45) is 0. The molecule has 0 aliphatic rings. The Bertz CT molecular complexity index is 412. The van der Waals surface area contributed by atoms with Gasteiger partial charge in [-0.2, -0.15) is 0 Å². The van der Waals surface area contributed by atoms with Gasteiger partial charge in [-0.3, -0.25) is 0 Å². The summed E-state index contributed by atoms with van der Waals surface area (Å²) in [5.41, 5.74) is 0.882. The summed E-state index contributed by atoms with van der Waals surface area (Å²) >= 11 is 4.89. The lowest BCUT2D eigenvalue weighted by Gasteiger charge is -1.95. The highest BCUT2D eigenvalue weighted by Crippen LogP contribution is 2.28. The summed E-state index contributed by atoms with van der Waals surface area (Å²) in [4.78, 5) is 4.21. The van der Waals surface area contributed by atoms with Crippen molar-refractivity contribution in [2.24, 2.45) is 0 Å². The Labute approximate surface area is 82.3 Å². The predicted molar refractivity (Wildman–Crippen MR) is 52.7 cm³/mol. The van der Waals surface area contributed by atoms with Crippen molar-refractivity contribution in [3.05, 3.63) is 22.1 Å². The van der Waals surface area contributed by atoms with Gasteiger partial charge >= 0.3 is 0 Å². The topological polar surface area (TPSA) is 22.1 Å². The molecule has 4 heteroatoms. The van der Waals surface area contributed by atoms with Crippen LogP contribution in [0.15, 0.2) is 16.0 Å². The van der Waals surface area contributed by atoms with Crippen LogP contribution in [0.5, 0.6) is 5.75 Å². The third-order valence-electron chi connectivity index (χ3n) is 1.49. The molecule has 0 saturated heterocycles. The minimum atomic E-state index is 0.818. The Hall–Kier alpha value is -0.610. The molecule has 2 nitrogen and oxygen atoms in total. The Balaban J connectivity index is 2.66. The van der Waals surface area contributed by atoms with Gasteiger partial charge in [0.1, 0.15) is 5.75 Å². The van der Waals surface area contributed by atoms with Crippen molar-refractivity contribution >= 4 is 37.5 Å². The SMILES string of the molecule is COc1c[c]c2nc(Br)sc2c1. The molecule has 2 aromatic rings. The van der Waals surface area contributed by atoms with Crippen LogP contribution in [0.3, 0.4) is 0 Å². The van der Waals surface area contributed by atoms with Crippen molar-refractivity contribution in [2.75, 3.05) is 7.11 Å². The number of thiazole rings is 1. The maximum Gasteiger partial charge on any atom is 0.160 e. The van der Waals surface area contributed by atoms with E-state index in [4.69, 9.17) is 4.74 Å². The zero-order valence-electron chi connectivity index (χ0n) is 6.30. The van der Waals surface area contributed by atoms with Crippen molar-refractivity contribution in [1.82, 2.24) is 4.98 Å². The molecule has 0 bridgehead atoms. The molecule has 0 atom stereocenters. The van der Waals surface area contributed by atoms with Crippen LogP contribution < -0.4 is 4.74 Å². The molecule has 12 heavy (non-hydrogen) atoms. The number of rotatable bonds is 1. The lowest BCUT2D eigenvalue weighted by atomic mass is 10.3. The van der Waals surface area contributed by atoms with Gasteiger partial charge in [0.2, 0.25) is 0 Å². The maximum atomic E-state index is 5.06. The Morgan fingerprint density at radius 1 is 1.67 bits per heavy atom. The van der Waals surface area contributed by atoms with E-state index in [-0.39, 0.29) is 0 Å². The van der Waals surface area contributed by atoms with Crippen molar-refractivity contribution in [2.45, 2.75) is 0 Å². The van der Waals surface area contributed by atoms with E-state index in [0.29, 0.717) is 0 Å². The second-order valence-corrected chi connectivity index (χ2v) is 4.53. The highest BCUT2D eigenvalue weighted by Gasteiger charge is 2.01. The smallest absolute Gasteiger partial charge is 0.160 e. The second-order valence-electron chi connectivity index (χ2n) is 2.22. The van der Waals surface area contributed by atoms with Crippen molar-refractivity contribution < 1.29 is 4.74 Å². The summed E-state index contributed by atoms with van der Waals surface area (Å²) in [5.74, 6) is 0.818. The number of hydrogen-bond donors (Lipinski definition) is 0. The largest absolute Gasteiger partial charge is 0.497 e. The Kier molecular flexibility index (Phi) is 2.02. The first-order chi connectivity index (χ1) is 5.79. The van der Waals surface area contributed by atoms with Crippen LogP contribution in [-0.4, -0.2) is 12.1 Å². The van der Waals surface area contributed by atoms with Crippen LogP contribution in [0.4, 0.5) is 0 Å². The zero-order valence-corrected chi connectivity index (χ0v) is 8.70. The van der Waals surface area contributed by atoms with Gasteiger partial charge in [0.15, 0.2) is 3.92 Å². The molecular formula is C8H5BrNOS. The minimum absolute atomic E-state index is 0.818. The molecule has 0 amide bonds. The van der Waals surface area contributed by atoms with Gasteiger partial charge in [0, 0.05) is 6.07 Å². The molecule has 1 aromatic heterocycles. The molecule has 0 spiro atoms. The molecule has 0 N–H and O–H groups in total. The van der Waals surface area contributed by atoms with E-state index in [1.807, 2.05) is 6.07 Å². The third kappa shape index (κ3) is 1.32. The van der Waals surface area contributed by atoms with E-state index in [2.05, 4.69) is 27.0 Å². The summed E-state index contributed by atoms with van der Waals surface area (Å²) in [7, 11) is 1.64. The van der Waals surface area contributed by atoms with Gasteiger partial charge in [0.25, 0.3) is 0 Å². The van der Waals surface area contributed by atoms with Gasteiger partial charge in [-0.1, -0.05) is 0 Å². The highest BCUT2D eigenvalue weighted by atomic mass is 79.9. The summed E-state index contributed by atoms with van der Waals surface area (Å²) in [6, 6.07) is 6.77. The monoisotopic (exact) mass is 242 g/mol. The van der Waals surface area contributed by atoms with Crippen molar-refractivity contribution in [1.29, 1.82) is 0 Å². The van der Waals surface area contributed by atoms with E-state index >= 15 is 0 Å². The molecule has 1 radical (unpaired) electrons.